The van der Waals surface area contributed by atoms with E-state index in [-0.39, 0.29) is 17.9 Å². The maximum absolute atomic E-state index is 13.1. The Bertz CT molecular complexity index is 1010. The zero-order valence-corrected chi connectivity index (χ0v) is 18.6. The summed E-state index contributed by atoms with van der Waals surface area (Å²) in [6.07, 6.45) is 2.88. The van der Waals surface area contributed by atoms with E-state index in [1.165, 1.54) is 11.3 Å². The number of rotatable bonds is 8. The quantitative estimate of drug-likeness (QED) is 0.499. The van der Waals surface area contributed by atoms with Crippen molar-refractivity contribution in [1.82, 2.24) is 10.3 Å². The minimum atomic E-state index is -0.175. The van der Waals surface area contributed by atoms with Gasteiger partial charge in [-0.05, 0) is 55.7 Å². The molecule has 1 N–H and O–H groups in total. The van der Waals surface area contributed by atoms with Gasteiger partial charge < -0.3 is 10.1 Å². The SMILES string of the molecule is O=C(NCCCC(=O)N(CC1CCCO1)c1nc2ccccc2s1)c1ccc(Cl)cc1. The second-order valence-electron chi connectivity index (χ2n) is 7.47. The molecule has 0 saturated carbocycles. The number of amides is 2. The van der Waals surface area contributed by atoms with Gasteiger partial charge in [-0.2, -0.15) is 0 Å². The first-order chi connectivity index (χ1) is 15.1. The number of carbonyl (C=O) groups is 2. The minimum absolute atomic E-state index is 0.00435. The maximum Gasteiger partial charge on any atom is 0.251 e. The molecule has 1 saturated heterocycles. The van der Waals surface area contributed by atoms with Crippen LogP contribution in [0.5, 0.6) is 0 Å². The molecule has 3 aromatic rings. The van der Waals surface area contributed by atoms with E-state index in [1.807, 2.05) is 24.3 Å². The predicted octanol–water partition coefficient (Wildman–Crippen LogP) is 4.67. The van der Waals surface area contributed by atoms with E-state index in [4.69, 9.17) is 16.3 Å². The van der Waals surface area contributed by atoms with E-state index < -0.39 is 0 Å². The second kappa shape index (κ2) is 10.2. The van der Waals surface area contributed by atoms with Crippen molar-refractivity contribution in [2.45, 2.75) is 31.8 Å². The number of benzene rings is 2. The number of ether oxygens (including phenoxy) is 1. The second-order valence-corrected chi connectivity index (χ2v) is 8.92. The molecule has 1 atom stereocenters. The number of halogens is 1. The molecule has 162 valence electrons. The molecule has 1 aliphatic heterocycles. The Balaban J connectivity index is 1.36. The topological polar surface area (TPSA) is 71.5 Å². The number of aromatic nitrogens is 1. The molecule has 1 aliphatic rings. The van der Waals surface area contributed by atoms with Crippen LogP contribution in [0.3, 0.4) is 0 Å². The van der Waals surface area contributed by atoms with Crippen molar-refractivity contribution in [2.75, 3.05) is 24.6 Å². The van der Waals surface area contributed by atoms with E-state index in [1.54, 1.807) is 29.2 Å². The van der Waals surface area contributed by atoms with Gasteiger partial charge >= 0.3 is 0 Å². The molecule has 8 heteroatoms. The maximum atomic E-state index is 13.1. The average molecular weight is 458 g/mol. The van der Waals surface area contributed by atoms with E-state index in [2.05, 4.69) is 10.3 Å². The first kappa shape index (κ1) is 21.7. The largest absolute Gasteiger partial charge is 0.376 e. The lowest BCUT2D eigenvalue weighted by Gasteiger charge is -2.23. The molecule has 2 heterocycles. The number of hydrogen-bond acceptors (Lipinski definition) is 5. The number of fused-ring (bicyclic) bond motifs is 1. The van der Waals surface area contributed by atoms with E-state index in [0.29, 0.717) is 41.6 Å². The van der Waals surface area contributed by atoms with Crippen molar-refractivity contribution in [3.63, 3.8) is 0 Å². The van der Waals surface area contributed by atoms with Crippen molar-refractivity contribution in [3.8, 4) is 0 Å². The van der Waals surface area contributed by atoms with Crippen molar-refractivity contribution < 1.29 is 14.3 Å². The number of thiazole rings is 1. The van der Waals surface area contributed by atoms with Crippen molar-refractivity contribution in [1.29, 1.82) is 0 Å². The smallest absolute Gasteiger partial charge is 0.251 e. The highest BCUT2D eigenvalue weighted by molar-refractivity contribution is 7.22. The van der Waals surface area contributed by atoms with Gasteiger partial charge in [0.05, 0.1) is 22.9 Å². The molecular formula is C23H24ClN3O3S. The van der Waals surface area contributed by atoms with E-state index in [9.17, 15) is 9.59 Å². The first-order valence-corrected chi connectivity index (χ1v) is 11.6. The summed E-state index contributed by atoms with van der Waals surface area (Å²) in [6.45, 7) is 1.67. The number of carbonyl (C=O) groups excluding carboxylic acids is 2. The highest BCUT2D eigenvalue weighted by atomic mass is 35.5. The monoisotopic (exact) mass is 457 g/mol. The molecule has 1 aromatic heterocycles. The van der Waals surface area contributed by atoms with E-state index >= 15 is 0 Å². The number of nitrogens with zero attached hydrogens (tertiary/aromatic N) is 2. The van der Waals surface area contributed by atoms with Crippen LogP contribution in [0.15, 0.2) is 48.5 Å². The molecule has 0 spiro atoms. The summed E-state index contributed by atoms with van der Waals surface area (Å²) in [4.78, 5) is 31.7. The van der Waals surface area contributed by atoms with E-state index in [0.717, 1.165) is 29.7 Å². The molecular weight excluding hydrogens is 434 g/mol. The van der Waals surface area contributed by atoms with Gasteiger partial charge in [-0.25, -0.2) is 4.98 Å². The molecule has 2 aromatic carbocycles. The molecule has 0 radical (unpaired) electrons. The summed E-state index contributed by atoms with van der Waals surface area (Å²) in [6, 6.07) is 14.6. The molecule has 6 nitrogen and oxygen atoms in total. The summed E-state index contributed by atoms with van der Waals surface area (Å²) in [5, 5.41) is 4.14. The number of hydrogen-bond donors (Lipinski definition) is 1. The van der Waals surface area contributed by atoms with Gasteiger partial charge in [0, 0.05) is 30.2 Å². The first-order valence-electron chi connectivity index (χ1n) is 10.4. The van der Waals surface area contributed by atoms with Crippen molar-refractivity contribution >= 4 is 50.1 Å². The van der Waals surface area contributed by atoms with Crippen LogP contribution >= 0.6 is 22.9 Å². The third-order valence-electron chi connectivity index (χ3n) is 5.18. The van der Waals surface area contributed by atoms with Gasteiger partial charge in [-0.15, -0.1) is 0 Å². The highest BCUT2D eigenvalue weighted by Gasteiger charge is 2.25. The summed E-state index contributed by atoms with van der Waals surface area (Å²) in [5.41, 5.74) is 1.44. The lowest BCUT2D eigenvalue weighted by molar-refractivity contribution is -0.119. The Morgan fingerprint density at radius 3 is 2.74 bits per heavy atom. The van der Waals surface area contributed by atoms with Gasteiger partial charge in [0.2, 0.25) is 5.91 Å². The third kappa shape index (κ3) is 5.61. The molecule has 0 bridgehead atoms. The Morgan fingerprint density at radius 1 is 1.19 bits per heavy atom. The summed E-state index contributed by atoms with van der Waals surface area (Å²) >= 11 is 7.38. The molecule has 4 rings (SSSR count). The van der Waals surface area contributed by atoms with Crippen molar-refractivity contribution in [3.05, 3.63) is 59.1 Å². The van der Waals surface area contributed by atoms with Gasteiger partial charge in [-0.1, -0.05) is 35.1 Å². The van der Waals surface area contributed by atoms with Crippen molar-refractivity contribution in [2.24, 2.45) is 0 Å². The fraction of sp³-hybridized carbons (Fsp3) is 0.348. The molecule has 0 aliphatic carbocycles. The molecule has 2 amide bonds. The van der Waals surface area contributed by atoms with Crippen LogP contribution < -0.4 is 10.2 Å². The average Bonchev–Trinajstić information content (AvgIpc) is 3.44. The number of nitrogens with one attached hydrogen (secondary N) is 1. The zero-order valence-electron chi connectivity index (χ0n) is 17.1. The molecule has 1 unspecified atom stereocenters. The van der Waals surface area contributed by atoms with Gasteiger partial charge in [-0.3, -0.25) is 14.5 Å². The number of anilines is 1. The minimum Gasteiger partial charge on any atom is -0.376 e. The van der Waals surface area contributed by atoms with Crippen LogP contribution in [0.25, 0.3) is 10.2 Å². The van der Waals surface area contributed by atoms with Crippen LogP contribution in [-0.4, -0.2) is 42.6 Å². The van der Waals surface area contributed by atoms with Crippen LogP contribution in [-0.2, 0) is 9.53 Å². The summed E-state index contributed by atoms with van der Waals surface area (Å²) in [7, 11) is 0. The molecule has 1 fully saturated rings. The Kier molecular flexibility index (Phi) is 7.17. The fourth-order valence-corrected chi connectivity index (χ4v) is 4.65. The lowest BCUT2D eigenvalue weighted by atomic mass is 10.2. The summed E-state index contributed by atoms with van der Waals surface area (Å²) in [5.74, 6) is -0.179. The standard InChI is InChI=1S/C23H24ClN3O3S/c24-17-11-9-16(10-12-17)22(29)25-13-3-8-21(28)27(15-18-5-4-14-30-18)23-26-19-6-1-2-7-20(19)31-23/h1-2,6-7,9-12,18H,3-5,8,13-15H2,(H,25,29). The lowest BCUT2D eigenvalue weighted by Crippen LogP contribution is -2.37. The van der Waals surface area contributed by atoms with Crippen LogP contribution in [0, 0.1) is 0 Å². The van der Waals surface area contributed by atoms with Crippen LogP contribution in [0.4, 0.5) is 5.13 Å². The van der Waals surface area contributed by atoms with Gasteiger partial charge in [0.25, 0.3) is 5.91 Å². The molecule has 31 heavy (non-hydrogen) atoms. The summed E-state index contributed by atoms with van der Waals surface area (Å²) < 4.78 is 6.81. The Labute approximate surface area is 190 Å². The fourth-order valence-electron chi connectivity index (χ4n) is 3.53. The normalized spacial score (nSPS) is 15.8. The Morgan fingerprint density at radius 2 is 2.00 bits per heavy atom. The van der Waals surface area contributed by atoms with Crippen LogP contribution in [0.1, 0.15) is 36.0 Å². The number of para-hydroxylation sites is 1. The van der Waals surface area contributed by atoms with Gasteiger partial charge in [0.15, 0.2) is 5.13 Å². The van der Waals surface area contributed by atoms with Crippen LogP contribution in [0.2, 0.25) is 5.02 Å². The van der Waals surface area contributed by atoms with Gasteiger partial charge in [0.1, 0.15) is 0 Å². The third-order valence-corrected chi connectivity index (χ3v) is 6.50. The zero-order chi connectivity index (χ0) is 21.6. The highest BCUT2D eigenvalue weighted by Crippen LogP contribution is 2.30. The predicted molar refractivity (Wildman–Crippen MR) is 124 cm³/mol. The Hall–Kier alpha value is -2.48.